The average Bonchev–Trinajstić information content (AvgIpc) is 2.50. The lowest BCUT2D eigenvalue weighted by molar-refractivity contribution is -0.113. The SMILES string of the molecule is CCCCCCCCCCCC=CC=C/C=C/C=C\C(N)=O. The van der Waals surface area contributed by atoms with Gasteiger partial charge in [0.15, 0.2) is 0 Å². The van der Waals surface area contributed by atoms with E-state index in [1.807, 2.05) is 18.2 Å². The fourth-order valence-corrected chi connectivity index (χ4v) is 2.15. The predicted molar refractivity (Wildman–Crippen MR) is 97.6 cm³/mol. The van der Waals surface area contributed by atoms with E-state index in [0.29, 0.717) is 0 Å². The van der Waals surface area contributed by atoms with E-state index in [2.05, 4.69) is 19.1 Å². The maximum atomic E-state index is 10.4. The van der Waals surface area contributed by atoms with Crippen LogP contribution in [0.15, 0.2) is 48.6 Å². The van der Waals surface area contributed by atoms with Gasteiger partial charge in [-0.25, -0.2) is 0 Å². The molecule has 0 aromatic rings. The summed E-state index contributed by atoms with van der Waals surface area (Å²) in [7, 11) is 0. The van der Waals surface area contributed by atoms with Gasteiger partial charge < -0.3 is 5.73 Å². The number of hydrogen-bond donors (Lipinski definition) is 1. The molecule has 0 spiro atoms. The van der Waals surface area contributed by atoms with Crippen LogP contribution in [0.5, 0.6) is 0 Å². The highest BCUT2D eigenvalue weighted by Gasteiger charge is 1.90. The molecular formula is C20H33NO. The van der Waals surface area contributed by atoms with Gasteiger partial charge in [0.25, 0.3) is 0 Å². The molecule has 1 amide bonds. The molecule has 0 heterocycles. The first-order valence-corrected chi connectivity index (χ1v) is 8.73. The van der Waals surface area contributed by atoms with Crippen molar-refractivity contribution in [2.24, 2.45) is 5.73 Å². The monoisotopic (exact) mass is 303 g/mol. The molecule has 2 heteroatoms. The fourth-order valence-electron chi connectivity index (χ4n) is 2.15. The number of amides is 1. The highest BCUT2D eigenvalue weighted by molar-refractivity contribution is 5.85. The number of hydrogen-bond acceptors (Lipinski definition) is 1. The van der Waals surface area contributed by atoms with Gasteiger partial charge in [0.2, 0.25) is 5.91 Å². The molecule has 0 aromatic carbocycles. The molecule has 0 unspecified atom stereocenters. The first-order valence-electron chi connectivity index (χ1n) is 8.73. The van der Waals surface area contributed by atoms with E-state index in [9.17, 15) is 4.79 Å². The molecule has 0 aliphatic rings. The van der Waals surface area contributed by atoms with Crippen molar-refractivity contribution in [3.63, 3.8) is 0 Å². The second-order valence-electron chi connectivity index (χ2n) is 5.58. The molecule has 0 bridgehead atoms. The number of nitrogens with two attached hydrogens (primary N) is 1. The molecule has 2 nitrogen and oxygen atoms in total. The molecule has 0 radical (unpaired) electrons. The van der Waals surface area contributed by atoms with Crippen molar-refractivity contribution in [3.05, 3.63) is 48.6 Å². The van der Waals surface area contributed by atoms with Gasteiger partial charge in [0.1, 0.15) is 0 Å². The Kier molecular flexibility index (Phi) is 16.2. The van der Waals surface area contributed by atoms with Gasteiger partial charge in [-0.3, -0.25) is 4.79 Å². The smallest absolute Gasteiger partial charge is 0.241 e. The first kappa shape index (κ1) is 20.4. The maximum Gasteiger partial charge on any atom is 0.241 e. The summed E-state index contributed by atoms with van der Waals surface area (Å²) in [4.78, 5) is 10.4. The highest BCUT2D eigenvalue weighted by atomic mass is 16.1. The van der Waals surface area contributed by atoms with Crippen LogP contribution in [0.1, 0.15) is 71.1 Å². The second-order valence-corrected chi connectivity index (χ2v) is 5.58. The minimum Gasteiger partial charge on any atom is -0.366 e. The van der Waals surface area contributed by atoms with E-state index in [1.54, 1.807) is 12.2 Å². The van der Waals surface area contributed by atoms with E-state index in [1.165, 1.54) is 63.9 Å². The number of carbonyl (C=O) groups excluding carboxylic acids is 1. The number of allylic oxidation sites excluding steroid dienone is 7. The van der Waals surface area contributed by atoms with Crippen LogP contribution in [0.2, 0.25) is 0 Å². The Morgan fingerprint density at radius 2 is 1.23 bits per heavy atom. The lowest BCUT2D eigenvalue weighted by Crippen LogP contribution is -2.04. The van der Waals surface area contributed by atoms with Crippen molar-refractivity contribution in [2.75, 3.05) is 0 Å². The van der Waals surface area contributed by atoms with Crippen molar-refractivity contribution < 1.29 is 4.79 Å². The predicted octanol–water partition coefficient (Wildman–Crippen LogP) is 5.62. The lowest BCUT2D eigenvalue weighted by atomic mass is 10.1. The van der Waals surface area contributed by atoms with E-state index >= 15 is 0 Å². The average molecular weight is 303 g/mol. The minimum absolute atomic E-state index is 0.422. The van der Waals surface area contributed by atoms with Crippen LogP contribution in [0.3, 0.4) is 0 Å². The lowest BCUT2D eigenvalue weighted by Gasteiger charge is -2.00. The largest absolute Gasteiger partial charge is 0.366 e. The summed E-state index contributed by atoms with van der Waals surface area (Å²) in [5.41, 5.74) is 4.97. The van der Waals surface area contributed by atoms with Crippen LogP contribution in [0.4, 0.5) is 0 Å². The summed E-state index contributed by atoms with van der Waals surface area (Å²) in [6.07, 6.45) is 28.4. The Balaban J connectivity index is 3.35. The van der Waals surface area contributed by atoms with Crippen molar-refractivity contribution >= 4 is 5.91 Å². The molecule has 0 aliphatic carbocycles. The van der Waals surface area contributed by atoms with E-state index in [-0.39, 0.29) is 0 Å². The molecule has 0 aliphatic heterocycles. The van der Waals surface area contributed by atoms with Crippen LogP contribution in [0.25, 0.3) is 0 Å². The quantitative estimate of drug-likeness (QED) is 0.253. The van der Waals surface area contributed by atoms with Crippen LogP contribution >= 0.6 is 0 Å². The van der Waals surface area contributed by atoms with Gasteiger partial charge in [0.05, 0.1) is 0 Å². The normalized spacial score (nSPS) is 12.4. The standard InChI is InChI=1S/C20H33NO/c1-2-3-4-5-6-7-8-9-10-11-12-13-14-15-16-17-18-19-20(21)22/h12-19H,2-11H2,1H3,(H2,21,22)/b13-12?,15-14?,17-16+,19-18-. The summed E-state index contributed by atoms with van der Waals surface area (Å²) in [5, 5.41) is 0. The second kappa shape index (κ2) is 17.5. The zero-order valence-electron chi connectivity index (χ0n) is 14.2. The zero-order chi connectivity index (χ0) is 16.3. The molecule has 0 aromatic heterocycles. The number of rotatable bonds is 14. The van der Waals surface area contributed by atoms with Crippen molar-refractivity contribution in [1.29, 1.82) is 0 Å². The summed E-state index contributed by atoms with van der Waals surface area (Å²) in [6, 6.07) is 0. The van der Waals surface area contributed by atoms with Gasteiger partial charge >= 0.3 is 0 Å². The molecular weight excluding hydrogens is 270 g/mol. The Labute approximate surface area is 136 Å². The molecule has 0 rings (SSSR count). The van der Waals surface area contributed by atoms with Gasteiger partial charge in [0, 0.05) is 6.08 Å². The molecule has 2 N–H and O–H groups in total. The maximum absolute atomic E-state index is 10.4. The Morgan fingerprint density at radius 1 is 0.727 bits per heavy atom. The van der Waals surface area contributed by atoms with Crippen molar-refractivity contribution in [3.8, 4) is 0 Å². The van der Waals surface area contributed by atoms with Crippen LogP contribution in [0, 0.1) is 0 Å². The molecule has 0 fully saturated rings. The zero-order valence-corrected chi connectivity index (χ0v) is 14.2. The molecule has 22 heavy (non-hydrogen) atoms. The minimum atomic E-state index is -0.422. The molecule has 124 valence electrons. The summed E-state index contributed by atoms with van der Waals surface area (Å²) in [6.45, 7) is 2.26. The molecule has 0 saturated heterocycles. The Bertz CT molecular complexity index is 364. The number of carbonyl (C=O) groups is 1. The highest BCUT2D eigenvalue weighted by Crippen LogP contribution is 2.10. The summed E-state index contributed by atoms with van der Waals surface area (Å²) in [5.74, 6) is -0.422. The fraction of sp³-hybridized carbons (Fsp3) is 0.550. The van der Waals surface area contributed by atoms with Gasteiger partial charge in [-0.2, -0.15) is 0 Å². The van der Waals surface area contributed by atoms with Gasteiger partial charge in [-0.15, -0.1) is 0 Å². The summed E-state index contributed by atoms with van der Waals surface area (Å²) >= 11 is 0. The third-order valence-electron chi connectivity index (χ3n) is 3.43. The van der Waals surface area contributed by atoms with E-state index in [0.717, 1.165) is 6.42 Å². The topological polar surface area (TPSA) is 43.1 Å². The summed E-state index contributed by atoms with van der Waals surface area (Å²) < 4.78 is 0. The van der Waals surface area contributed by atoms with E-state index < -0.39 is 5.91 Å². The first-order chi connectivity index (χ1) is 10.8. The molecule has 0 atom stereocenters. The number of unbranched alkanes of at least 4 members (excludes halogenated alkanes) is 9. The van der Waals surface area contributed by atoms with Gasteiger partial charge in [-0.1, -0.05) is 101 Å². The molecule has 0 saturated carbocycles. The van der Waals surface area contributed by atoms with Crippen LogP contribution < -0.4 is 5.73 Å². The Morgan fingerprint density at radius 3 is 1.82 bits per heavy atom. The van der Waals surface area contributed by atoms with Crippen molar-refractivity contribution in [2.45, 2.75) is 71.1 Å². The third-order valence-corrected chi connectivity index (χ3v) is 3.43. The van der Waals surface area contributed by atoms with Crippen LogP contribution in [-0.4, -0.2) is 5.91 Å². The van der Waals surface area contributed by atoms with E-state index in [4.69, 9.17) is 5.73 Å². The Hall–Kier alpha value is -1.57. The number of primary amides is 1. The van der Waals surface area contributed by atoms with Crippen molar-refractivity contribution in [1.82, 2.24) is 0 Å². The third kappa shape index (κ3) is 18.4. The van der Waals surface area contributed by atoms with Gasteiger partial charge in [-0.05, 0) is 12.8 Å². The van der Waals surface area contributed by atoms with Crippen LogP contribution in [-0.2, 0) is 4.79 Å².